The van der Waals surface area contributed by atoms with Gasteiger partial charge in [0.25, 0.3) is 0 Å². The molecule has 1 atom stereocenters. The number of halogens is 1. The molecule has 0 bridgehead atoms. The molecule has 0 aliphatic rings. The third-order valence-electron chi connectivity index (χ3n) is 2.95. The summed E-state index contributed by atoms with van der Waals surface area (Å²) in [5, 5.41) is 15.9. The van der Waals surface area contributed by atoms with E-state index in [9.17, 15) is 4.79 Å². The van der Waals surface area contributed by atoms with E-state index in [-0.39, 0.29) is 5.91 Å². The molecule has 2 aromatic rings. The van der Waals surface area contributed by atoms with Gasteiger partial charge in [0, 0.05) is 10.7 Å². The molecule has 21 heavy (non-hydrogen) atoms. The first-order valence-electron chi connectivity index (χ1n) is 6.65. The Hall–Kier alpha value is -1.66. The second kappa shape index (κ2) is 6.87. The Kier molecular flexibility index (Phi) is 5.14. The molecule has 1 aromatic heterocycles. The third-order valence-corrected chi connectivity index (χ3v) is 4.34. The molecule has 0 aliphatic heterocycles. The summed E-state index contributed by atoms with van der Waals surface area (Å²) in [7, 11) is 0. The van der Waals surface area contributed by atoms with Gasteiger partial charge in [-0.25, -0.2) is 0 Å². The highest BCUT2D eigenvalue weighted by Gasteiger charge is 2.15. The number of nitrogens with zero attached hydrogens (tertiary/aromatic N) is 2. The van der Waals surface area contributed by atoms with Crippen LogP contribution in [-0.2, 0) is 11.2 Å². The summed E-state index contributed by atoms with van der Waals surface area (Å²) in [5.41, 5.74) is 1.81. The Morgan fingerprint density at radius 1 is 1.43 bits per heavy atom. The summed E-state index contributed by atoms with van der Waals surface area (Å²) < 4.78 is 0. The first kappa shape index (κ1) is 15.7. The average molecular weight is 325 g/mol. The number of hydrogen-bond donors (Lipinski definition) is 2. The van der Waals surface area contributed by atoms with Gasteiger partial charge in [0.05, 0.1) is 0 Å². The molecule has 2 rings (SSSR count). The molecule has 0 fully saturated rings. The van der Waals surface area contributed by atoms with Crippen LogP contribution in [0.5, 0.6) is 0 Å². The summed E-state index contributed by atoms with van der Waals surface area (Å²) in [6.07, 6.45) is 0.809. The number of aromatic nitrogens is 2. The van der Waals surface area contributed by atoms with E-state index >= 15 is 0 Å². The van der Waals surface area contributed by atoms with Crippen LogP contribution in [0.15, 0.2) is 18.2 Å². The van der Waals surface area contributed by atoms with Crippen LogP contribution in [0, 0.1) is 6.92 Å². The minimum Gasteiger partial charge on any atom is -0.374 e. The lowest BCUT2D eigenvalue weighted by Crippen LogP contribution is -2.31. The molecule has 1 amide bonds. The normalized spacial score (nSPS) is 12.0. The highest BCUT2D eigenvalue weighted by Crippen LogP contribution is 2.21. The van der Waals surface area contributed by atoms with E-state index < -0.39 is 6.04 Å². The number of nitrogens with one attached hydrogen (secondary N) is 2. The fourth-order valence-corrected chi connectivity index (χ4v) is 2.52. The van der Waals surface area contributed by atoms with E-state index in [0.717, 1.165) is 22.7 Å². The van der Waals surface area contributed by atoms with Crippen LogP contribution in [0.3, 0.4) is 0 Å². The Morgan fingerprint density at radius 3 is 2.81 bits per heavy atom. The molecule has 5 nitrogen and oxygen atoms in total. The quantitative estimate of drug-likeness (QED) is 0.883. The molecule has 2 N–H and O–H groups in total. The molecule has 1 aromatic carbocycles. The van der Waals surface area contributed by atoms with Crippen LogP contribution in [0.2, 0.25) is 5.02 Å². The molecule has 112 valence electrons. The van der Waals surface area contributed by atoms with Crippen LogP contribution in [-0.4, -0.2) is 22.1 Å². The van der Waals surface area contributed by atoms with Crippen LogP contribution in [0.4, 0.5) is 10.8 Å². The summed E-state index contributed by atoms with van der Waals surface area (Å²) >= 11 is 7.45. The van der Waals surface area contributed by atoms with Gasteiger partial charge >= 0.3 is 0 Å². The second-order valence-electron chi connectivity index (χ2n) is 4.67. The smallest absolute Gasteiger partial charge is 0.248 e. The largest absolute Gasteiger partial charge is 0.374 e. The highest BCUT2D eigenvalue weighted by molar-refractivity contribution is 7.15. The van der Waals surface area contributed by atoms with Gasteiger partial charge in [0.1, 0.15) is 11.0 Å². The predicted octanol–water partition coefficient (Wildman–Crippen LogP) is 3.50. The molecule has 0 aliphatic carbocycles. The lowest BCUT2D eigenvalue weighted by Gasteiger charge is -2.14. The number of rotatable bonds is 5. The predicted molar refractivity (Wildman–Crippen MR) is 87.2 cm³/mol. The van der Waals surface area contributed by atoms with E-state index in [1.165, 1.54) is 11.3 Å². The molecule has 0 radical (unpaired) electrons. The van der Waals surface area contributed by atoms with Gasteiger partial charge in [-0.2, -0.15) is 0 Å². The van der Waals surface area contributed by atoms with E-state index in [4.69, 9.17) is 11.6 Å². The van der Waals surface area contributed by atoms with Gasteiger partial charge in [0.15, 0.2) is 0 Å². The van der Waals surface area contributed by atoms with Crippen molar-refractivity contribution in [3.05, 3.63) is 33.8 Å². The summed E-state index contributed by atoms with van der Waals surface area (Å²) in [4.78, 5) is 12.1. The van der Waals surface area contributed by atoms with Crippen molar-refractivity contribution in [2.24, 2.45) is 0 Å². The Bertz CT molecular complexity index is 644. The van der Waals surface area contributed by atoms with Gasteiger partial charge in [-0.1, -0.05) is 35.9 Å². The van der Waals surface area contributed by atoms with E-state index in [2.05, 4.69) is 20.8 Å². The number of carbonyl (C=O) groups is 1. The zero-order chi connectivity index (χ0) is 15.4. The molecular formula is C14H17ClN4OS. The highest BCUT2D eigenvalue weighted by atomic mass is 35.5. The second-order valence-corrected chi connectivity index (χ2v) is 6.14. The van der Waals surface area contributed by atoms with Gasteiger partial charge in [-0.3, -0.25) is 10.1 Å². The van der Waals surface area contributed by atoms with Crippen LogP contribution < -0.4 is 10.6 Å². The SMILES string of the molecule is CCc1nnc(NC(=O)[C@@H](C)Nc2ccc(C)c(Cl)c2)s1. The molecule has 0 spiro atoms. The number of aryl methyl sites for hydroxylation is 2. The lowest BCUT2D eigenvalue weighted by atomic mass is 10.2. The third kappa shape index (κ3) is 4.15. The number of benzene rings is 1. The van der Waals surface area contributed by atoms with Crippen molar-refractivity contribution < 1.29 is 4.79 Å². The standard InChI is InChI=1S/C14H17ClN4OS/c1-4-12-18-19-14(21-12)17-13(20)9(3)16-10-6-5-8(2)11(15)7-10/h5-7,9,16H,4H2,1-3H3,(H,17,19,20)/t9-/m1/s1. The van der Waals surface area contributed by atoms with Gasteiger partial charge in [0.2, 0.25) is 11.0 Å². The maximum atomic E-state index is 12.1. The first-order chi connectivity index (χ1) is 9.99. The number of carbonyl (C=O) groups excluding carboxylic acids is 1. The molecular weight excluding hydrogens is 308 g/mol. The Balaban J connectivity index is 1.97. The first-order valence-corrected chi connectivity index (χ1v) is 7.85. The number of anilines is 2. The summed E-state index contributed by atoms with van der Waals surface area (Å²) in [6.45, 7) is 5.71. The lowest BCUT2D eigenvalue weighted by molar-refractivity contribution is -0.116. The van der Waals surface area contributed by atoms with Crippen molar-refractivity contribution in [2.75, 3.05) is 10.6 Å². The van der Waals surface area contributed by atoms with Crippen molar-refractivity contribution in [1.29, 1.82) is 0 Å². The molecule has 0 saturated heterocycles. The van der Waals surface area contributed by atoms with Gasteiger partial charge < -0.3 is 5.32 Å². The molecule has 0 unspecified atom stereocenters. The Morgan fingerprint density at radius 2 is 2.19 bits per heavy atom. The van der Waals surface area contributed by atoms with Crippen molar-refractivity contribution >= 4 is 39.7 Å². The molecule has 0 saturated carbocycles. The number of hydrogen-bond acceptors (Lipinski definition) is 5. The van der Waals surface area contributed by atoms with Crippen molar-refractivity contribution in [2.45, 2.75) is 33.2 Å². The van der Waals surface area contributed by atoms with Gasteiger partial charge in [-0.05, 0) is 38.0 Å². The summed E-state index contributed by atoms with van der Waals surface area (Å²) in [6, 6.07) is 5.21. The van der Waals surface area contributed by atoms with Crippen LogP contribution >= 0.6 is 22.9 Å². The minimum atomic E-state index is -0.405. The fourth-order valence-electron chi connectivity index (χ4n) is 1.66. The Labute approximate surface area is 132 Å². The number of amides is 1. The maximum absolute atomic E-state index is 12.1. The van der Waals surface area contributed by atoms with E-state index in [0.29, 0.717) is 10.2 Å². The van der Waals surface area contributed by atoms with Crippen LogP contribution in [0.25, 0.3) is 0 Å². The fraction of sp³-hybridized carbons (Fsp3) is 0.357. The minimum absolute atomic E-state index is 0.162. The molecule has 1 heterocycles. The van der Waals surface area contributed by atoms with Crippen molar-refractivity contribution in [3.63, 3.8) is 0 Å². The van der Waals surface area contributed by atoms with Crippen molar-refractivity contribution in [3.8, 4) is 0 Å². The topological polar surface area (TPSA) is 66.9 Å². The van der Waals surface area contributed by atoms with Crippen molar-refractivity contribution in [1.82, 2.24) is 10.2 Å². The van der Waals surface area contributed by atoms with E-state index in [1.807, 2.05) is 26.0 Å². The zero-order valence-electron chi connectivity index (χ0n) is 12.1. The van der Waals surface area contributed by atoms with Crippen LogP contribution in [0.1, 0.15) is 24.4 Å². The zero-order valence-corrected chi connectivity index (χ0v) is 13.7. The van der Waals surface area contributed by atoms with E-state index in [1.54, 1.807) is 13.0 Å². The average Bonchev–Trinajstić information content (AvgIpc) is 2.90. The van der Waals surface area contributed by atoms with Gasteiger partial charge in [-0.15, -0.1) is 10.2 Å². The maximum Gasteiger partial charge on any atom is 0.248 e. The summed E-state index contributed by atoms with van der Waals surface area (Å²) in [5.74, 6) is -0.162. The molecule has 7 heteroatoms. The monoisotopic (exact) mass is 324 g/mol.